The fourth-order valence-electron chi connectivity index (χ4n) is 3.78. The van der Waals surface area contributed by atoms with Gasteiger partial charge >= 0.3 is 5.97 Å². The van der Waals surface area contributed by atoms with Gasteiger partial charge in [-0.25, -0.2) is 4.79 Å². The van der Waals surface area contributed by atoms with Crippen LogP contribution in [0, 0.1) is 0 Å². The Morgan fingerprint density at radius 3 is 1.98 bits per heavy atom. The molecule has 4 N–H and O–H groups in total. The number of aliphatic carboxylic acids is 1. The Labute approximate surface area is 240 Å². The zero-order valence-corrected chi connectivity index (χ0v) is 24.5. The number of carboxylic acids is 1. The Kier molecular flexibility index (Phi) is 14.5. The first-order valence-corrected chi connectivity index (χ1v) is 12.5. The van der Waals surface area contributed by atoms with E-state index in [1.165, 1.54) is 52.7 Å². The number of fused-ring (bicyclic) bond motifs is 1. The average molecular weight is 577 g/mol. The third-order valence-electron chi connectivity index (χ3n) is 5.80. The van der Waals surface area contributed by atoms with E-state index in [1.54, 1.807) is 33.3 Å². The van der Waals surface area contributed by atoms with Crippen molar-refractivity contribution in [2.75, 3.05) is 42.7 Å². The lowest BCUT2D eigenvalue weighted by Gasteiger charge is -2.27. The molecule has 0 amide bonds. The van der Waals surface area contributed by atoms with E-state index < -0.39 is 5.97 Å². The van der Waals surface area contributed by atoms with Crippen LogP contribution in [0.5, 0.6) is 34.5 Å². The van der Waals surface area contributed by atoms with Gasteiger partial charge in [-0.3, -0.25) is 0 Å². The first-order chi connectivity index (χ1) is 19.5. The second-order valence-electron chi connectivity index (χ2n) is 8.44. The van der Waals surface area contributed by atoms with Crippen LogP contribution >= 0.6 is 0 Å². The Hall–Kier alpha value is -4.51. The molecule has 0 aromatic heterocycles. The van der Waals surface area contributed by atoms with E-state index in [0.717, 1.165) is 5.56 Å². The summed E-state index contributed by atoms with van der Waals surface area (Å²) >= 11 is 0. The van der Waals surface area contributed by atoms with E-state index in [2.05, 4.69) is 11.3 Å². The molecule has 1 aliphatic heterocycles. The maximum absolute atomic E-state index is 10.8. The van der Waals surface area contributed by atoms with Gasteiger partial charge < -0.3 is 48.8 Å². The molecule has 11 heteroatoms. The molecule has 0 aliphatic carbocycles. The molecule has 0 radical (unpaired) electrons. The molecule has 2 aromatic rings. The smallest absolute Gasteiger partial charge is 0.331 e. The number of phenols is 3. The molecule has 0 saturated carbocycles. The Morgan fingerprint density at radius 1 is 0.976 bits per heavy atom. The highest BCUT2D eigenvalue weighted by atomic mass is 16.5. The summed E-state index contributed by atoms with van der Waals surface area (Å²) in [5.74, 6) is 0.750. The maximum atomic E-state index is 10.8. The van der Waals surface area contributed by atoms with Crippen LogP contribution in [0.1, 0.15) is 37.0 Å². The van der Waals surface area contributed by atoms with E-state index in [0.29, 0.717) is 53.6 Å². The van der Waals surface area contributed by atoms with Crippen LogP contribution < -0.4 is 14.2 Å². The molecule has 0 saturated heterocycles. The summed E-state index contributed by atoms with van der Waals surface area (Å²) < 4.78 is 30.5. The number of methoxy groups -OCH3 is 5. The quantitative estimate of drug-likeness (QED) is 0.176. The third kappa shape index (κ3) is 9.57. The molecule has 1 heterocycles. The SMILES string of the molecule is C=C/C(OC)=C(\C=C(/CC)C(=O)O)OC.COC.COc1cc(C2CCc3c(O)cc(O)cc3O2)cc(OC)c1O. The number of benzene rings is 2. The predicted molar refractivity (Wildman–Crippen MR) is 153 cm³/mol. The van der Waals surface area contributed by atoms with E-state index in [4.69, 9.17) is 28.8 Å². The number of rotatable bonds is 9. The Morgan fingerprint density at radius 2 is 1.54 bits per heavy atom. The number of carbonyl (C=O) groups is 1. The summed E-state index contributed by atoms with van der Waals surface area (Å²) in [5.41, 5.74) is 1.71. The number of phenolic OH excluding ortho intramolecular Hbond substituents is 3. The van der Waals surface area contributed by atoms with Crippen LogP contribution in [-0.2, 0) is 25.4 Å². The summed E-state index contributed by atoms with van der Waals surface area (Å²) in [5, 5.41) is 38.3. The van der Waals surface area contributed by atoms with E-state index in [1.807, 2.05) is 0 Å². The summed E-state index contributed by atoms with van der Waals surface area (Å²) in [4.78, 5) is 10.8. The minimum atomic E-state index is -0.966. The van der Waals surface area contributed by atoms with Crippen LogP contribution in [0.4, 0.5) is 0 Å². The number of hydrogen-bond donors (Lipinski definition) is 4. The molecule has 41 heavy (non-hydrogen) atoms. The molecule has 11 nitrogen and oxygen atoms in total. The standard InChI is InChI=1S/C17H18O6.C11H16O4.C2H6O/c1-21-15-5-9(6-16(22-2)17(15)20)13-4-3-11-12(19)7-10(18)8-14(11)23-13;1-5-8(11(12)13)7-10(15-4)9(6-2)14-3;1-3-2/h5-8,13,18-20H,3-4H2,1-2H3;6-7H,2,5H2,1,3-4H3,(H,12,13);1-2H3/b;8-7+,10-9-;. The van der Waals surface area contributed by atoms with Gasteiger partial charge in [0.25, 0.3) is 0 Å². The Balaban J connectivity index is 0.000000406. The lowest BCUT2D eigenvalue weighted by Crippen LogP contribution is -2.15. The highest BCUT2D eigenvalue weighted by Gasteiger charge is 2.26. The fraction of sp³-hybridized carbons (Fsp3) is 0.367. The van der Waals surface area contributed by atoms with Crippen molar-refractivity contribution >= 4 is 5.97 Å². The Bertz CT molecular complexity index is 1210. The second-order valence-corrected chi connectivity index (χ2v) is 8.44. The normalized spacial score (nSPS) is 14.3. The van der Waals surface area contributed by atoms with Gasteiger partial charge in [0.1, 0.15) is 23.4 Å². The summed E-state index contributed by atoms with van der Waals surface area (Å²) in [6.45, 7) is 5.30. The molecule has 2 aromatic carbocycles. The molecule has 0 spiro atoms. The van der Waals surface area contributed by atoms with E-state index in [9.17, 15) is 20.1 Å². The van der Waals surface area contributed by atoms with Crippen LogP contribution in [-0.4, -0.2) is 69.1 Å². The monoisotopic (exact) mass is 576 g/mol. The van der Waals surface area contributed by atoms with Crippen LogP contribution in [0.3, 0.4) is 0 Å². The molecule has 226 valence electrons. The molecular weight excluding hydrogens is 536 g/mol. The van der Waals surface area contributed by atoms with Gasteiger partial charge in [0.15, 0.2) is 23.0 Å². The molecule has 0 fully saturated rings. The zero-order valence-electron chi connectivity index (χ0n) is 24.5. The van der Waals surface area contributed by atoms with Crippen molar-refractivity contribution < 1.29 is 53.6 Å². The minimum Gasteiger partial charge on any atom is -0.508 e. The number of aromatic hydroxyl groups is 3. The van der Waals surface area contributed by atoms with Crippen molar-refractivity contribution in [2.45, 2.75) is 32.3 Å². The average Bonchev–Trinajstić information content (AvgIpc) is 2.95. The van der Waals surface area contributed by atoms with Crippen molar-refractivity contribution in [1.29, 1.82) is 0 Å². The van der Waals surface area contributed by atoms with Gasteiger partial charge in [-0.1, -0.05) is 13.5 Å². The van der Waals surface area contributed by atoms with Crippen molar-refractivity contribution in [3.05, 3.63) is 71.2 Å². The number of allylic oxidation sites excluding steroid dienone is 2. The fourth-order valence-corrected chi connectivity index (χ4v) is 3.78. The highest BCUT2D eigenvalue weighted by Crippen LogP contribution is 2.45. The lowest BCUT2D eigenvalue weighted by atomic mass is 9.96. The van der Waals surface area contributed by atoms with Crippen LogP contribution in [0.25, 0.3) is 0 Å². The van der Waals surface area contributed by atoms with Crippen molar-refractivity contribution in [3.8, 4) is 34.5 Å². The van der Waals surface area contributed by atoms with Crippen molar-refractivity contribution in [2.24, 2.45) is 0 Å². The van der Waals surface area contributed by atoms with E-state index >= 15 is 0 Å². The molecule has 0 bridgehead atoms. The molecule has 3 rings (SSSR count). The first-order valence-electron chi connectivity index (χ1n) is 12.5. The first kappa shape index (κ1) is 34.5. The number of carboxylic acid groups (broad SMARTS) is 1. The van der Waals surface area contributed by atoms with Crippen LogP contribution in [0.2, 0.25) is 0 Å². The van der Waals surface area contributed by atoms with Crippen molar-refractivity contribution in [3.63, 3.8) is 0 Å². The predicted octanol–water partition coefficient (Wildman–Crippen LogP) is 5.25. The van der Waals surface area contributed by atoms with Gasteiger partial charge in [-0.15, -0.1) is 0 Å². The molecule has 1 atom stereocenters. The summed E-state index contributed by atoms with van der Waals surface area (Å²) in [6, 6.07) is 6.16. The molecular formula is C30H40O11. The van der Waals surface area contributed by atoms with Gasteiger partial charge in [0, 0.05) is 37.5 Å². The van der Waals surface area contributed by atoms with Gasteiger partial charge in [0.2, 0.25) is 5.75 Å². The third-order valence-corrected chi connectivity index (χ3v) is 5.80. The summed E-state index contributed by atoms with van der Waals surface area (Å²) in [7, 11) is 9.09. The maximum Gasteiger partial charge on any atom is 0.331 e. The number of ether oxygens (including phenoxy) is 6. The van der Waals surface area contributed by atoms with Crippen molar-refractivity contribution in [1.82, 2.24) is 0 Å². The van der Waals surface area contributed by atoms with Gasteiger partial charge in [0.05, 0.1) is 28.4 Å². The lowest BCUT2D eigenvalue weighted by molar-refractivity contribution is -0.132. The zero-order chi connectivity index (χ0) is 31.1. The number of hydrogen-bond acceptors (Lipinski definition) is 10. The van der Waals surface area contributed by atoms with E-state index in [-0.39, 0.29) is 28.9 Å². The van der Waals surface area contributed by atoms with Gasteiger partial charge in [-0.05, 0) is 49.1 Å². The molecule has 1 unspecified atom stereocenters. The highest BCUT2D eigenvalue weighted by molar-refractivity contribution is 5.87. The minimum absolute atomic E-state index is 0.0271. The van der Waals surface area contributed by atoms with Gasteiger partial charge in [-0.2, -0.15) is 0 Å². The van der Waals surface area contributed by atoms with Crippen LogP contribution in [0.15, 0.2) is 60.1 Å². The summed E-state index contributed by atoms with van der Waals surface area (Å²) in [6.07, 6.45) is 4.26. The largest absolute Gasteiger partial charge is 0.508 e. The topological polar surface area (TPSA) is 153 Å². The second kappa shape index (κ2) is 17.2. The molecule has 1 aliphatic rings.